The van der Waals surface area contributed by atoms with Gasteiger partial charge in [0.1, 0.15) is 0 Å². The maximum Gasteiger partial charge on any atom is 0.234 e. The van der Waals surface area contributed by atoms with Crippen LogP contribution in [-0.2, 0) is 10.0 Å². The average molecular weight is 354 g/mol. The number of hydrogen-bond acceptors (Lipinski definition) is 3. The molecule has 1 aromatic carbocycles. The van der Waals surface area contributed by atoms with Crippen LogP contribution in [0.15, 0.2) is 22.7 Å². The Hall–Kier alpha value is -0.300. The van der Waals surface area contributed by atoms with E-state index < -0.39 is 10.0 Å². The topological polar surface area (TPSA) is 58.2 Å². The Balaban J connectivity index is 1.95. The smallest absolute Gasteiger partial charge is 0.234 e. The van der Waals surface area contributed by atoms with Gasteiger partial charge in [-0.1, -0.05) is 11.6 Å². The van der Waals surface area contributed by atoms with E-state index in [0.29, 0.717) is 27.8 Å². The van der Waals surface area contributed by atoms with Crippen LogP contribution in [0.2, 0.25) is 5.02 Å². The van der Waals surface area contributed by atoms with E-state index in [-0.39, 0.29) is 5.75 Å². The predicted molar refractivity (Wildman–Crippen MR) is 77.6 cm³/mol. The van der Waals surface area contributed by atoms with Crippen LogP contribution in [0.25, 0.3) is 0 Å². The fourth-order valence-corrected chi connectivity index (χ4v) is 3.12. The maximum absolute atomic E-state index is 11.9. The predicted octanol–water partition coefficient (Wildman–Crippen LogP) is 2.60. The second-order valence-corrected chi connectivity index (χ2v) is 7.41. The van der Waals surface area contributed by atoms with Crippen molar-refractivity contribution in [3.63, 3.8) is 0 Å². The highest BCUT2D eigenvalue weighted by atomic mass is 79.9. The molecule has 100 valence electrons. The van der Waals surface area contributed by atoms with Gasteiger partial charge in [0.2, 0.25) is 10.0 Å². The zero-order valence-corrected chi connectivity index (χ0v) is 12.8. The minimum atomic E-state index is -3.34. The van der Waals surface area contributed by atoms with Gasteiger partial charge in [0.15, 0.2) is 0 Å². The Morgan fingerprint density at radius 1 is 1.39 bits per heavy atom. The molecule has 0 unspecified atom stereocenters. The molecule has 7 heteroatoms. The van der Waals surface area contributed by atoms with Crippen molar-refractivity contribution < 1.29 is 8.42 Å². The molecule has 0 radical (unpaired) electrons. The molecule has 1 saturated carbocycles. The van der Waals surface area contributed by atoms with E-state index in [1.165, 1.54) is 0 Å². The van der Waals surface area contributed by atoms with E-state index in [1.54, 1.807) is 18.2 Å². The summed E-state index contributed by atoms with van der Waals surface area (Å²) < 4.78 is 26.9. The minimum Gasteiger partial charge on any atom is -0.313 e. The number of nitrogens with one attached hydrogen (secondary N) is 2. The van der Waals surface area contributed by atoms with Crippen molar-refractivity contribution in [2.45, 2.75) is 18.9 Å². The van der Waals surface area contributed by atoms with Gasteiger partial charge in [-0.3, -0.25) is 4.72 Å². The molecule has 1 fully saturated rings. The fourth-order valence-electron chi connectivity index (χ4n) is 1.48. The third-order valence-corrected chi connectivity index (χ3v) is 4.77. The van der Waals surface area contributed by atoms with Gasteiger partial charge < -0.3 is 5.32 Å². The highest BCUT2D eigenvalue weighted by molar-refractivity contribution is 9.10. The minimum absolute atomic E-state index is 0.0580. The average Bonchev–Trinajstić information content (AvgIpc) is 3.07. The molecular weight excluding hydrogens is 340 g/mol. The van der Waals surface area contributed by atoms with E-state index in [1.807, 2.05) is 0 Å². The molecule has 0 aliphatic heterocycles. The zero-order valence-electron chi connectivity index (χ0n) is 9.62. The molecule has 1 aliphatic rings. The first-order valence-electron chi connectivity index (χ1n) is 5.65. The molecule has 0 atom stereocenters. The quantitative estimate of drug-likeness (QED) is 0.826. The van der Waals surface area contributed by atoms with Crippen molar-refractivity contribution in [3.8, 4) is 0 Å². The first-order chi connectivity index (χ1) is 8.46. The van der Waals surface area contributed by atoms with Gasteiger partial charge in [-0.15, -0.1) is 0 Å². The summed E-state index contributed by atoms with van der Waals surface area (Å²) in [4.78, 5) is 0. The summed E-state index contributed by atoms with van der Waals surface area (Å²) in [7, 11) is -3.34. The lowest BCUT2D eigenvalue weighted by molar-refractivity contribution is 0.595. The molecule has 2 rings (SSSR count). The molecule has 0 spiro atoms. The summed E-state index contributed by atoms with van der Waals surface area (Å²) in [6.45, 7) is 0.470. The Morgan fingerprint density at radius 3 is 2.78 bits per heavy atom. The van der Waals surface area contributed by atoms with Crippen LogP contribution in [0.4, 0.5) is 5.69 Å². The van der Waals surface area contributed by atoms with Gasteiger partial charge in [-0.05, 0) is 47.0 Å². The van der Waals surface area contributed by atoms with Gasteiger partial charge in [0.25, 0.3) is 0 Å². The fraction of sp³-hybridized carbons (Fsp3) is 0.455. The summed E-state index contributed by atoms with van der Waals surface area (Å²) in [5.74, 6) is 0.0580. The first-order valence-corrected chi connectivity index (χ1v) is 8.47. The van der Waals surface area contributed by atoms with E-state index in [9.17, 15) is 8.42 Å². The van der Waals surface area contributed by atoms with Crippen LogP contribution in [0, 0.1) is 0 Å². The summed E-state index contributed by atoms with van der Waals surface area (Å²) in [5, 5.41) is 3.66. The summed E-state index contributed by atoms with van der Waals surface area (Å²) in [6, 6.07) is 5.50. The second kappa shape index (κ2) is 5.77. The number of halogens is 2. The maximum atomic E-state index is 11.9. The lowest BCUT2D eigenvalue weighted by Crippen LogP contribution is -2.28. The Bertz CT molecular complexity index is 532. The van der Waals surface area contributed by atoms with Crippen LogP contribution < -0.4 is 10.0 Å². The van der Waals surface area contributed by atoms with Gasteiger partial charge >= 0.3 is 0 Å². The second-order valence-electron chi connectivity index (χ2n) is 4.27. The molecule has 0 amide bonds. The summed E-state index contributed by atoms with van der Waals surface area (Å²) >= 11 is 9.12. The highest BCUT2D eigenvalue weighted by Gasteiger charge is 2.21. The normalized spacial score (nSPS) is 15.7. The summed E-state index contributed by atoms with van der Waals surface area (Å²) in [5.41, 5.74) is 0.467. The molecule has 1 aliphatic carbocycles. The van der Waals surface area contributed by atoms with Gasteiger partial charge in [-0.2, -0.15) is 0 Å². The molecule has 1 aromatic rings. The van der Waals surface area contributed by atoms with E-state index in [0.717, 1.165) is 12.8 Å². The molecule has 18 heavy (non-hydrogen) atoms. The largest absolute Gasteiger partial charge is 0.313 e. The number of anilines is 1. The third-order valence-electron chi connectivity index (χ3n) is 2.58. The molecule has 0 bridgehead atoms. The van der Waals surface area contributed by atoms with Crippen molar-refractivity contribution in [2.24, 2.45) is 0 Å². The monoisotopic (exact) mass is 352 g/mol. The van der Waals surface area contributed by atoms with Crippen LogP contribution in [0.1, 0.15) is 12.8 Å². The molecule has 4 nitrogen and oxygen atoms in total. The number of rotatable bonds is 6. The van der Waals surface area contributed by atoms with E-state index in [2.05, 4.69) is 26.0 Å². The van der Waals surface area contributed by atoms with E-state index in [4.69, 9.17) is 11.6 Å². The van der Waals surface area contributed by atoms with Crippen LogP contribution >= 0.6 is 27.5 Å². The standard InChI is InChI=1S/C11H14BrClN2O2S/c12-10-4-1-8(13)7-11(10)15-18(16,17)6-5-14-9-2-3-9/h1,4,7,9,14-15H,2-3,5-6H2. The van der Waals surface area contributed by atoms with Crippen LogP contribution in [0.3, 0.4) is 0 Å². The zero-order chi connectivity index (χ0) is 13.2. The molecule has 0 saturated heterocycles. The highest BCUT2D eigenvalue weighted by Crippen LogP contribution is 2.26. The van der Waals surface area contributed by atoms with E-state index >= 15 is 0 Å². The lowest BCUT2D eigenvalue weighted by atomic mass is 10.3. The van der Waals surface area contributed by atoms with Crippen molar-refractivity contribution in [1.29, 1.82) is 0 Å². The molecule has 2 N–H and O–H groups in total. The van der Waals surface area contributed by atoms with Crippen LogP contribution in [0.5, 0.6) is 0 Å². The summed E-state index contributed by atoms with van der Waals surface area (Å²) in [6.07, 6.45) is 2.29. The third kappa shape index (κ3) is 4.42. The van der Waals surface area contributed by atoms with Crippen molar-refractivity contribution in [3.05, 3.63) is 27.7 Å². The van der Waals surface area contributed by atoms with Crippen molar-refractivity contribution in [1.82, 2.24) is 5.32 Å². The Labute approximate surface area is 120 Å². The number of benzene rings is 1. The number of hydrogen-bond donors (Lipinski definition) is 2. The number of sulfonamides is 1. The molecular formula is C11H14BrClN2O2S. The SMILES string of the molecule is O=S(=O)(CCNC1CC1)Nc1cc(Cl)ccc1Br. The lowest BCUT2D eigenvalue weighted by Gasteiger charge is -2.10. The molecule has 0 heterocycles. The van der Waals surface area contributed by atoms with Crippen molar-refractivity contribution >= 4 is 43.2 Å². The Morgan fingerprint density at radius 2 is 2.11 bits per heavy atom. The van der Waals surface area contributed by atoms with Gasteiger partial charge in [0.05, 0.1) is 11.4 Å². The first kappa shape index (κ1) is 14.1. The molecule has 0 aromatic heterocycles. The van der Waals surface area contributed by atoms with Gasteiger partial charge in [0, 0.05) is 22.1 Å². The van der Waals surface area contributed by atoms with Crippen LogP contribution in [-0.4, -0.2) is 26.8 Å². The van der Waals surface area contributed by atoms with Gasteiger partial charge in [-0.25, -0.2) is 8.42 Å². The van der Waals surface area contributed by atoms with Crippen molar-refractivity contribution in [2.75, 3.05) is 17.0 Å². The Kier molecular flexibility index (Phi) is 4.53.